The molecule has 33 heavy (non-hydrogen) atoms. The van der Waals surface area contributed by atoms with Gasteiger partial charge in [-0.1, -0.05) is 42.0 Å². The molecule has 0 aliphatic carbocycles. The highest BCUT2D eigenvalue weighted by molar-refractivity contribution is 7.99. The molecule has 4 aromatic rings. The van der Waals surface area contributed by atoms with Crippen molar-refractivity contribution in [1.29, 1.82) is 0 Å². The van der Waals surface area contributed by atoms with Gasteiger partial charge in [0.05, 0.1) is 6.42 Å². The van der Waals surface area contributed by atoms with E-state index in [2.05, 4.69) is 27.1 Å². The van der Waals surface area contributed by atoms with Crippen molar-refractivity contribution >= 4 is 29.1 Å². The minimum Gasteiger partial charge on any atom is -0.334 e. The van der Waals surface area contributed by atoms with Crippen LogP contribution in [0.2, 0.25) is 0 Å². The van der Waals surface area contributed by atoms with Crippen molar-refractivity contribution in [2.45, 2.75) is 24.5 Å². The molecule has 5 nitrogen and oxygen atoms in total. The topological polar surface area (TPSA) is 64.0 Å². The Morgan fingerprint density at radius 2 is 1.88 bits per heavy atom. The number of ketones is 1. The zero-order valence-electron chi connectivity index (χ0n) is 18.2. The van der Waals surface area contributed by atoms with Crippen LogP contribution in [-0.2, 0) is 17.0 Å². The number of carbonyl (C=O) groups is 2. The Hall–Kier alpha value is -3.64. The van der Waals surface area contributed by atoms with Crippen LogP contribution in [0.15, 0.2) is 85.3 Å². The van der Waals surface area contributed by atoms with E-state index in [1.54, 1.807) is 24.4 Å². The van der Waals surface area contributed by atoms with Crippen LogP contribution in [0.4, 0.5) is 5.69 Å². The summed E-state index contributed by atoms with van der Waals surface area (Å²) < 4.78 is 2.23. The van der Waals surface area contributed by atoms with Gasteiger partial charge in [-0.05, 0) is 42.8 Å². The summed E-state index contributed by atoms with van der Waals surface area (Å²) in [5.74, 6) is 0.702. The Balaban J connectivity index is 1.28. The lowest BCUT2D eigenvalue weighted by molar-refractivity contribution is -0.115. The van der Waals surface area contributed by atoms with E-state index >= 15 is 0 Å². The molecule has 2 aromatic heterocycles. The van der Waals surface area contributed by atoms with Crippen molar-refractivity contribution in [3.8, 4) is 0 Å². The highest BCUT2D eigenvalue weighted by Gasteiger charge is 2.26. The van der Waals surface area contributed by atoms with Gasteiger partial charge < -0.3 is 9.88 Å². The number of fused-ring (bicyclic) bond motifs is 1. The van der Waals surface area contributed by atoms with E-state index in [1.807, 2.05) is 67.3 Å². The Morgan fingerprint density at radius 3 is 2.67 bits per heavy atom. The maximum absolute atomic E-state index is 12.8. The molecule has 0 saturated carbocycles. The molecule has 1 N–H and O–H groups in total. The van der Waals surface area contributed by atoms with Gasteiger partial charge >= 0.3 is 0 Å². The van der Waals surface area contributed by atoms with Gasteiger partial charge in [-0.25, -0.2) is 0 Å². The van der Waals surface area contributed by atoms with Gasteiger partial charge in [-0.3, -0.25) is 14.6 Å². The summed E-state index contributed by atoms with van der Waals surface area (Å²) in [6.45, 7) is 1.96. The average molecular weight is 454 g/mol. The van der Waals surface area contributed by atoms with Crippen molar-refractivity contribution in [1.82, 2.24) is 9.55 Å². The minimum absolute atomic E-state index is 0.0569. The number of benzene rings is 2. The normalized spacial score (nSPS) is 14.6. The first-order valence-electron chi connectivity index (χ1n) is 10.8. The van der Waals surface area contributed by atoms with Crippen molar-refractivity contribution < 1.29 is 9.59 Å². The maximum atomic E-state index is 12.8. The van der Waals surface area contributed by atoms with Crippen LogP contribution in [0.25, 0.3) is 0 Å². The molecule has 1 aliphatic rings. The third kappa shape index (κ3) is 4.47. The molecule has 0 fully saturated rings. The number of aryl methyl sites for hydroxylation is 1. The Kier molecular flexibility index (Phi) is 5.84. The lowest BCUT2D eigenvalue weighted by Crippen LogP contribution is -2.15. The first-order valence-corrected chi connectivity index (χ1v) is 11.8. The predicted molar refractivity (Wildman–Crippen MR) is 131 cm³/mol. The van der Waals surface area contributed by atoms with Crippen molar-refractivity contribution in [3.05, 3.63) is 119 Å². The summed E-state index contributed by atoms with van der Waals surface area (Å²) in [6.07, 6.45) is 6.01. The first-order chi connectivity index (χ1) is 16.1. The van der Waals surface area contributed by atoms with Crippen LogP contribution < -0.4 is 5.32 Å². The van der Waals surface area contributed by atoms with E-state index in [9.17, 15) is 9.59 Å². The molecular formula is C27H23N3O2S. The van der Waals surface area contributed by atoms with Crippen LogP contribution in [0.1, 0.15) is 43.7 Å². The van der Waals surface area contributed by atoms with Gasteiger partial charge in [-0.2, -0.15) is 0 Å². The van der Waals surface area contributed by atoms with E-state index in [0.717, 1.165) is 22.4 Å². The molecule has 1 aliphatic heterocycles. The van der Waals surface area contributed by atoms with Crippen molar-refractivity contribution in [2.75, 3.05) is 5.32 Å². The number of aromatic nitrogens is 2. The summed E-state index contributed by atoms with van der Waals surface area (Å²) in [6, 6.07) is 20.7. The lowest BCUT2D eigenvalue weighted by Gasteiger charge is -2.12. The Labute approximate surface area is 196 Å². The minimum atomic E-state index is -0.0982. The molecule has 0 spiro atoms. The standard InChI is InChI=1S/C27H23N3O2S/c1-18-5-2-6-20(13-18)26(32)21-7-3-9-23(14-21)29-25(31)15-19-10-12-30-24(19)17-33-27(30)22-8-4-11-28-16-22/h2-14,16,27H,15,17H2,1H3,(H,29,31). The largest absolute Gasteiger partial charge is 0.334 e. The number of nitrogens with zero attached hydrogens (tertiary/aromatic N) is 2. The number of thioether (sulfide) groups is 1. The summed E-state index contributed by atoms with van der Waals surface area (Å²) in [5.41, 5.74) is 6.21. The van der Waals surface area contributed by atoms with E-state index in [0.29, 0.717) is 23.2 Å². The smallest absolute Gasteiger partial charge is 0.228 e. The van der Waals surface area contributed by atoms with Crippen molar-refractivity contribution in [3.63, 3.8) is 0 Å². The number of hydrogen-bond donors (Lipinski definition) is 1. The Bertz CT molecular complexity index is 1330. The highest BCUT2D eigenvalue weighted by atomic mass is 32.2. The molecule has 1 atom stereocenters. The predicted octanol–water partition coefficient (Wildman–Crippen LogP) is 5.40. The zero-order chi connectivity index (χ0) is 22.8. The quantitative estimate of drug-likeness (QED) is 0.397. The third-order valence-corrected chi connectivity index (χ3v) is 7.01. The van der Waals surface area contributed by atoms with Crippen LogP contribution in [0.5, 0.6) is 0 Å². The average Bonchev–Trinajstić information content (AvgIpc) is 3.42. The fourth-order valence-corrected chi connectivity index (χ4v) is 5.50. The van der Waals surface area contributed by atoms with Gasteiger partial charge in [-0.15, -0.1) is 11.8 Å². The van der Waals surface area contributed by atoms with E-state index in [-0.39, 0.29) is 17.1 Å². The first kappa shape index (κ1) is 21.2. The Morgan fingerprint density at radius 1 is 1.06 bits per heavy atom. The molecule has 0 saturated heterocycles. The molecule has 1 amide bonds. The summed E-state index contributed by atoms with van der Waals surface area (Å²) >= 11 is 1.83. The number of anilines is 1. The fourth-order valence-electron chi connectivity index (χ4n) is 4.16. The van der Waals surface area contributed by atoms with E-state index in [1.165, 1.54) is 5.69 Å². The second kappa shape index (κ2) is 9.08. The van der Waals surface area contributed by atoms with Crippen LogP contribution >= 0.6 is 11.8 Å². The third-order valence-electron chi connectivity index (χ3n) is 5.76. The molecule has 0 radical (unpaired) electrons. The molecule has 2 aromatic carbocycles. The van der Waals surface area contributed by atoms with E-state index in [4.69, 9.17) is 0 Å². The lowest BCUT2D eigenvalue weighted by atomic mass is 10.0. The second-order valence-corrected chi connectivity index (χ2v) is 9.22. The van der Waals surface area contributed by atoms with Crippen molar-refractivity contribution in [2.24, 2.45) is 0 Å². The summed E-state index contributed by atoms with van der Waals surface area (Å²) in [7, 11) is 0. The monoisotopic (exact) mass is 453 g/mol. The van der Waals surface area contributed by atoms with Gasteiger partial charge in [0.25, 0.3) is 0 Å². The molecule has 3 heterocycles. The van der Waals surface area contributed by atoms with Gasteiger partial charge in [0, 0.05) is 52.4 Å². The second-order valence-electron chi connectivity index (χ2n) is 8.15. The summed E-state index contributed by atoms with van der Waals surface area (Å²) in [4.78, 5) is 29.9. The molecule has 0 bridgehead atoms. The van der Waals surface area contributed by atoms with Crippen LogP contribution in [0.3, 0.4) is 0 Å². The number of amides is 1. The zero-order valence-corrected chi connectivity index (χ0v) is 19.0. The van der Waals surface area contributed by atoms with E-state index < -0.39 is 0 Å². The number of carbonyl (C=O) groups excluding carboxylic acids is 2. The molecule has 164 valence electrons. The maximum Gasteiger partial charge on any atom is 0.228 e. The fraction of sp³-hybridized carbons (Fsp3) is 0.148. The summed E-state index contributed by atoms with van der Waals surface area (Å²) in [5, 5.41) is 3.14. The molecule has 5 rings (SSSR count). The SMILES string of the molecule is Cc1cccc(C(=O)c2cccc(NC(=O)Cc3ccn4c3CSC4c3cccnc3)c2)c1. The number of rotatable bonds is 6. The van der Waals surface area contributed by atoms with Crippen LogP contribution in [0, 0.1) is 6.92 Å². The number of hydrogen-bond acceptors (Lipinski definition) is 4. The van der Waals surface area contributed by atoms with Gasteiger partial charge in [0.15, 0.2) is 5.78 Å². The highest BCUT2D eigenvalue weighted by Crippen LogP contribution is 2.41. The molecular weight excluding hydrogens is 430 g/mol. The number of nitrogens with one attached hydrogen (secondary N) is 1. The van der Waals surface area contributed by atoms with Crippen LogP contribution in [-0.4, -0.2) is 21.2 Å². The number of pyridine rings is 1. The van der Waals surface area contributed by atoms with Gasteiger partial charge in [0.1, 0.15) is 5.37 Å². The van der Waals surface area contributed by atoms with Gasteiger partial charge in [0.2, 0.25) is 5.91 Å². The molecule has 6 heteroatoms. The molecule has 1 unspecified atom stereocenters.